The van der Waals surface area contributed by atoms with Gasteiger partial charge in [-0.1, -0.05) is 0 Å². The number of nitrogens with zero attached hydrogens (tertiary/aromatic N) is 3. The predicted molar refractivity (Wildman–Crippen MR) is 83.3 cm³/mol. The topological polar surface area (TPSA) is 59.8 Å². The van der Waals surface area contributed by atoms with Crippen molar-refractivity contribution in [2.24, 2.45) is 0 Å². The van der Waals surface area contributed by atoms with Crippen molar-refractivity contribution in [2.75, 3.05) is 5.32 Å². The van der Waals surface area contributed by atoms with Gasteiger partial charge in [-0.05, 0) is 25.1 Å². The Labute approximate surface area is 134 Å². The number of anilines is 1. The van der Waals surface area contributed by atoms with Gasteiger partial charge in [0.05, 0.1) is 17.5 Å². The van der Waals surface area contributed by atoms with Crippen LogP contribution in [0.1, 0.15) is 17.3 Å². The van der Waals surface area contributed by atoms with E-state index in [-0.39, 0.29) is 17.2 Å². The summed E-state index contributed by atoms with van der Waals surface area (Å²) in [7, 11) is 0. The van der Waals surface area contributed by atoms with E-state index < -0.39 is 11.6 Å². The third kappa shape index (κ3) is 3.26. The van der Waals surface area contributed by atoms with Crippen LogP contribution in [0.3, 0.4) is 0 Å². The van der Waals surface area contributed by atoms with Crippen molar-refractivity contribution in [2.45, 2.75) is 13.5 Å². The molecule has 2 heterocycles. The van der Waals surface area contributed by atoms with Crippen LogP contribution in [-0.4, -0.2) is 20.7 Å². The maximum absolute atomic E-state index is 13.7. The summed E-state index contributed by atoms with van der Waals surface area (Å²) in [5, 5.41) is 8.50. The van der Waals surface area contributed by atoms with Gasteiger partial charge >= 0.3 is 0 Å². The van der Waals surface area contributed by atoms with Crippen molar-refractivity contribution in [1.82, 2.24) is 14.8 Å². The van der Waals surface area contributed by atoms with Gasteiger partial charge in [-0.3, -0.25) is 14.8 Å². The molecule has 0 saturated heterocycles. The van der Waals surface area contributed by atoms with Crippen molar-refractivity contribution in [3.8, 4) is 11.3 Å². The SMILES string of the molecule is CCn1cc(C(=O)Nc2nc(-c3cc(F)ccc3F)cs2)cn1. The van der Waals surface area contributed by atoms with Crippen molar-refractivity contribution in [3.63, 3.8) is 0 Å². The number of amides is 1. The van der Waals surface area contributed by atoms with Gasteiger partial charge in [0.1, 0.15) is 11.6 Å². The number of rotatable bonds is 4. The molecular weight excluding hydrogens is 322 g/mol. The summed E-state index contributed by atoms with van der Waals surface area (Å²) in [6.45, 7) is 2.57. The molecule has 0 unspecified atom stereocenters. The first-order valence-electron chi connectivity index (χ1n) is 6.81. The number of aromatic nitrogens is 3. The van der Waals surface area contributed by atoms with Gasteiger partial charge in [-0.2, -0.15) is 5.10 Å². The van der Waals surface area contributed by atoms with E-state index in [2.05, 4.69) is 15.4 Å². The fourth-order valence-electron chi connectivity index (χ4n) is 1.97. The number of carbonyl (C=O) groups is 1. The average molecular weight is 334 g/mol. The van der Waals surface area contributed by atoms with E-state index in [0.29, 0.717) is 17.2 Å². The Bertz CT molecular complexity index is 859. The summed E-state index contributed by atoms with van der Waals surface area (Å²) < 4.78 is 28.6. The first-order chi connectivity index (χ1) is 11.1. The molecule has 1 aromatic carbocycles. The summed E-state index contributed by atoms with van der Waals surface area (Å²) in [5.74, 6) is -1.48. The molecule has 118 valence electrons. The second-order valence-corrected chi connectivity index (χ2v) is 5.56. The van der Waals surface area contributed by atoms with E-state index in [9.17, 15) is 13.6 Å². The molecule has 3 rings (SSSR count). The minimum Gasteiger partial charge on any atom is -0.298 e. The van der Waals surface area contributed by atoms with Crippen LogP contribution in [0, 0.1) is 11.6 Å². The standard InChI is InChI=1S/C15H12F2N4OS/c1-2-21-7-9(6-18-21)14(22)20-15-19-13(8-23-15)11-5-10(16)3-4-12(11)17/h3-8H,2H2,1H3,(H,19,20,22). The molecule has 1 N–H and O–H groups in total. The molecule has 3 aromatic rings. The maximum Gasteiger partial charge on any atom is 0.260 e. The fraction of sp³-hybridized carbons (Fsp3) is 0.133. The highest BCUT2D eigenvalue weighted by molar-refractivity contribution is 7.14. The number of hydrogen-bond donors (Lipinski definition) is 1. The molecule has 0 fully saturated rings. The molecule has 0 aliphatic heterocycles. The zero-order valence-corrected chi connectivity index (χ0v) is 12.9. The van der Waals surface area contributed by atoms with Crippen molar-refractivity contribution < 1.29 is 13.6 Å². The fourth-order valence-corrected chi connectivity index (χ4v) is 2.68. The third-order valence-electron chi connectivity index (χ3n) is 3.15. The molecular formula is C15H12F2N4OS. The van der Waals surface area contributed by atoms with Crippen molar-refractivity contribution in [3.05, 3.63) is 53.2 Å². The van der Waals surface area contributed by atoms with Crippen LogP contribution < -0.4 is 5.32 Å². The highest BCUT2D eigenvalue weighted by Gasteiger charge is 2.14. The van der Waals surface area contributed by atoms with Gasteiger partial charge in [-0.15, -0.1) is 11.3 Å². The molecule has 0 aliphatic carbocycles. The highest BCUT2D eigenvalue weighted by Crippen LogP contribution is 2.27. The molecule has 2 aromatic heterocycles. The molecule has 0 saturated carbocycles. The molecule has 5 nitrogen and oxygen atoms in total. The zero-order valence-electron chi connectivity index (χ0n) is 12.1. The Morgan fingerprint density at radius 2 is 2.22 bits per heavy atom. The van der Waals surface area contributed by atoms with Gasteiger partial charge in [0.15, 0.2) is 5.13 Å². The van der Waals surface area contributed by atoms with Crippen LogP contribution in [0.5, 0.6) is 0 Å². The summed E-state index contributed by atoms with van der Waals surface area (Å²) >= 11 is 1.14. The Balaban J connectivity index is 1.79. The lowest BCUT2D eigenvalue weighted by molar-refractivity contribution is 0.102. The van der Waals surface area contributed by atoms with Crippen molar-refractivity contribution in [1.29, 1.82) is 0 Å². The van der Waals surface area contributed by atoms with Crippen LogP contribution in [0.4, 0.5) is 13.9 Å². The number of halogens is 2. The lowest BCUT2D eigenvalue weighted by Crippen LogP contribution is -2.10. The predicted octanol–water partition coefficient (Wildman–Crippen LogP) is 3.56. The maximum atomic E-state index is 13.7. The highest BCUT2D eigenvalue weighted by atomic mass is 32.1. The Kier molecular flexibility index (Phi) is 4.16. The molecule has 0 radical (unpaired) electrons. The number of nitrogens with one attached hydrogen (secondary N) is 1. The normalized spacial score (nSPS) is 10.7. The minimum atomic E-state index is -0.571. The van der Waals surface area contributed by atoms with E-state index >= 15 is 0 Å². The molecule has 8 heteroatoms. The number of thiazole rings is 1. The lowest BCUT2D eigenvalue weighted by atomic mass is 10.1. The summed E-state index contributed by atoms with van der Waals surface area (Å²) in [6.07, 6.45) is 3.08. The molecule has 1 amide bonds. The van der Waals surface area contributed by atoms with Gasteiger partial charge < -0.3 is 0 Å². The van der Waals surface area contributed by atoms with Gasteiger partial charge in [0.2, 0.25) is 0 Å². The lowest BCUT2D eigenvalue weighted by Gasteiger charge is -2.00. The van der Waals surface area contributed by atoms with Crippen LogP contribution in [0.15, 0.2) is 36.0 Å². The molecule has 0 aliphatic rings. The van der Waals surface area contributed by atoms with E-state index in [4.69, 9.17) is 0 Å². The van der Waals surface area contributed by atoms with Gasteiger partial charge in [0, 0.05) is 23.7 Å². The van der Waals surface area contributed by atoms with E-state index in [1.807, 2.05) is 6.92 Å². The van der Waals surface area contributed by atoms with E-state index in [1.165, 1.54) is 6.20 Å². The molecule has 0 bridgehead atoms. The Hall–Kier alpha value is -2.61. The Morgan fingerprint density at radius 1 is 1.39 bits per heavy atom. The zero-order chi connectivity index (χ0) is 16.4. The molecule has 0 spiro atoms. The van der Waals surface area contributed by atoms with Crippen LogP contribution >= 0.6 is 11.3 Å². The second kappa shape index (κ2) is 6.25. The number of benzene rings is 1. The Morgan fingerprint density at radius 3 is 2.96 bits per heavy atom. The summed E-state index contributed by atoms with van der Waals surface area (Å²) in [4.78, 5) is 16.2. The van der Waals surface area contributed by atoms with Crippen LogP contribution in [-0.2, 0) is 6.54 Å². The second-order valence-electron chi connectivity index (χ2n) is 4.70. The number of hydrogen-bond acceptors (Lipinski definition) is 4. The molecule has 23 heavy (non-hydrogen) atoms. The van der Waals surface area contributed by atoms with Crippen molar-refractivity contribution >= 4 is 22.4 Å². The van der Waals surface area contributed by atoms with Gasteiger partial charge in [-0.25, -0.2) is 13.8 Å². The van der Waals surface area contributed by atoms with E-state index in [1.54, 1.807) is 16.3 Å². The van der Waals surface area contributed by atoms with Crippen LogP contribution in [0.2, 0.25) is 0 Å². The smallest absolute Gasteiger partial charge is 0.260 e. The number of carbonyl (C=O) groups excluding carboxylic acids is 1. The quantitative estimate of drug-likeness (QED) is 0.794. The first kappa shape index (κ1) is 15.3. The minimum absolute atomic E-state index is 0.0561. The third-order valence-corrected chi connectivity index (χ3v) is 3.91. The number of aryl methyl sites for hydroxylation is 1. The van der Waals surface area contributed by atoms with Gasteiger partial charge in [0.25, 0.3) is 5.91 Å². The molecule has 0 atom stereocenters. The van der Waals surface area contributed by atoms with E-state index in [0.717, 1.165) is 29.5 Å². The van der Waals surface area contributed by atoms with Crippen LogP contribution in [0.25, 0.3) is 11.3 Å². The average Bonchev–Trinajstić information content (AvgIpc) is 3.18. The first-order valence-corrected chi connectivity index (χ1v) is 7.69. The summed E-state index contributed by atoms with van der Waals surface area (Å²) in [6, 6.07) is 3.15. The summed E-state index contributed by atoms with van der Waals surface area (Å²) in [5.41, 5.74) is 0.729. The largest absolute Gasteiger partial charge is 0.298 e. The monoisotopic (exact) mass is 334 g/mol.